The Kier molecular flexibility index (Phi) is 4.00. The zero-order valence-electron chi connectivity index (χ0n) is 11.8. The van der Waals surface area contributed by atoms with E-state index in [0.29, 0.717) is 12.1 Å². The van der Waals surface area contributed by atoms with E-state index in [1.807, 2.05) is 12.1 Å². The fraction of sp³-hybridized carbons (Fsp3) is 0.562. The minimum atomic E-state index is 0.470. The first-order chi connectivity index (χ1) is 9.69. The van der Waals surface area contributed by atoms with Crippen molar-refractivity contribution < 1.29 is 0 Å². The molecular formula is C16H20BrN3. The van der Waals surface area contributed by atoms with E-state index < -0.39 is 0 Å². The molecule has 2 atom stereocenters. The molecule has 2 aliphatic rings. The lowest BCUT2D eigenvalue weighted by Gasteiger charge is -2.48. The molecule has 0 N–H and O–H groups in total. The topological polar surface area (TPSA) is 30.3 Å². The van der Waals surface area contributed by atoms with Crippen molar-refractivity contribution in [2.24, 2.45) is 0 Å². The number of nitriles is 1. The molecule has 2 unspecified atom stereocenters. The first-order valence-electron chi connectivity index (χ1n) is 7.39. The third-order valence-electron chi connectivity index (χ3n) is 4.58. The summed E-state index contributed by atoms with van der Waals surface area (Å²) < 4.78 is 0.974. The third kappa shape index (κ3) is 2.57. The number of hydrogen-bond acceptors (Lipinski definition) is 3. The van der Waals surface area contributed by atoms with Gasteiger partial charge < -0.3 is 4.90 Å². The van der Waals surface area contributed by atoms with E-state index in [-0.39, 0.29) is 0 Å². The number of nitrogens with zero attached hydrogens (tertiary/aromatic N) is 3. The molecule has 20 heavy (non-hydrogen) atoms. The fourth-order valence-electron chi connectivity index (χ4n) is 3.54. The second-order valence-electron chi connectivity index (χ2n) is 5.92. The fourth-order valence-corrected chi connectivity index (χ4v) is 3.90. The Bertz CT molecular complexity index is 537. The van der Waals surface area contributed by atoms with Crippen molar-refractivity contribution in [2.75, 3.05) is 24.5 Å². The smallest absolute Gasteiger partial charge is 0.101 e. The van der Waals surface area contributed by atoms with Crippen molar-refractivity contribution in [3.8, 4) is 6.07 Å². The summed E-state index contributed by atoms with van der Waals surface area (Å²) in [5, 5.41) is 9.38. The molecule has 0 bridgehead atoms. The van der Waals surface area contributed by atoms with Crippen LogP contribution in [0.25, 0.3) is 0 Å². The number of hydrogen-bond donors (Lipinski definition) is 0. The van der Waals surface area contributed by atoms with Gasteiger partial charge in [0.2, 0.25) is 0 Å². The Balaban J connectivity index is 1.88. The van der Waals surface area contributed by atoms with Crippen LogP contribution in [-0.4, -0.2) is 36.6 Å². The monoisotopic (exact) mass is 333 g/mol. The molecule has 3 rings (SSSR count). The van der Waals surface area contributed by atoms with Gasteiger partial charge in [0, 0.05) is 29.6 Å². The van der Waals surface area contributed by atoms with E-state index in [1.165, 1.54) is 25.8 Å². The molecule has 2 fully saturated rings. The summed E-state index contributed by atoms with van der Waals surface area (Å²) in [7, 11) is 0. The molecule has 1 aromatic carbocycles. The zero-order chi connectivity index (χ0) is 14.1. The summed E-state index contributed by atoms with van der Waals surface area (Å²) in [6.07, 6.45) is 3.97. The first kappa shape index (κ1) is 13.9. The van der Waals surface area contributed by atoms with Gasteiger partial charge in [-0.25, -0.2) is 0 Å². The highest BCUT2D eigenvalue weighted by molar-refractivity contribution is 9.10. The van der Waals surface area contributed by atoms with Gasteiger partial charge in [-0.1, -0.05) is 22.4 Å². The highest BCUT2D eigenvalue weighted by atomic mass is 79.9. The van der Waals surface area contributed by atoms with Crippen LogP contribution in [0.3, 0.4) is 0 Å². The maximum Gasteiger partial charge on any atom is 0.101 e. The largest absolute Gasteiger partial charge is 0.365 e. The van der Waals surface area contributed by atoms with E-state index in [9.17, 15) is 5.26 Å². The highest BCUT2D eigenvalue weighted by Gasteiger charge is 2.33. The molecular weight excluding hydrogens is 314 g/mol. The van der Waals surface area contributed by atoms with Crippen molar-refractivity contribution in [1.29, 1.82) is 5.26 Å². The van der Waals surface area contributed by atoms with Crippen LogP contribution in [0.4, 0.5) is 5.69 Å². The number of piperidine rings is 1. The Hall–Kier alpha value is -1.05. The van der Waals surface area contributed by atoms with E-state index in [2.05, 4.69) is 44.8 Å². The lowest BCUT2D eigenvalue weighted by Crippen LogP contribution is -2.59. The van der Waals surface area contributed by atoms with Crippen LogP contribution in [0, 0.1) is 11.3 Å². The average molecular weight is 334 g/mol. The number of anilines is 1. The van der Waals surface area contributed by atoms with E-state index in [1.54, 1.807) is 0 Å². The van der Waals surface area contributed by atoms with Crippen LogP contribution in [0.5, 0.6) is 0 Å². The van der Waals surface area contributed by atoms with Crippen molar-refractivity contribution in [3.63, 3.8) is 0 Å². The molecule has 2 heterocycles. The van der Waals surface area contributed by atoms with Gasteiger partial charge in [-0.15, -0.1) is 0 Å². The quantitative estimate of drug-likeness (QED) is 0.789. The summed E-state index contributed by atoms with van der Waals surface area (Å²) in [6.45, 7) is 5.69. The van der Waals surface area contributed by atoms with Gasteiger partial charge >= 0.3 is 0 Å². The van der Waals surface area contributed by atoms with Crippen LogP contribution in [0.15, 0.2) is 22.7 Å². The lowest BCUT2D eigenvalue weighted by atomic mass is 9.96. The number of benzene rings is 1. The SMILES string of the molecule is CC1CN2CCCCC2CN1c1ccc(Br)cc1C#N. The summed E-state index contributed by atoms with van der Waals surface area (Å²) in [6, 6.07) is 9.52. The molecule has 0 spiro atoms. The average Bonchev–Trinajstić information content (AvgIpc) is 2.46. The Morgan fingerprint density at radius 1 is 1.30 bits per heavy atom. The van der Waals surface area contributed by atoms with Crippen LogP contribution in [0.2, 0.25) is 0 Å². The zero-order valence-corrected chi connectivity index (χ0v) is 13.4. The Morgan fingerprint density at radius 2 is 2.15 bits per heavy atom. The highest BCUT2D eigenvalue weighted by Crippen LogP contribution is 2.31. The molecule has 0 aliphatic carbocycles. The molecule has 1 aromatic rings. The maximum atomic E-state index is 9.38. The van der Waals surface area contributed by atoms with Gasteiger partial charge in [0.15, 0.2) is 0 Å². The summed E-state index contributed by atoms with van der Waals surface area (Å²) in [5.41, 5.74) is 1.86. The Morgan fingerprint density at radius 3 is 2.95 bits per heavy atom. The molecule has 4 heteroatoms. The maximum absolute atomic E-state index is 9.38. The van der Waals surface area contributed by atoms with E-state index in [4.69, 9.17) is 0 Å². The first-order valence-corrected chi connectivity index (χ1v) is 8.18. The van der Waals surface area contributed by atoms with Crippen molar-refractivity contribution in [2.45, 2.75) is 38.3 Å². The molecule has 0 saturated carbocycles. The van der Waals surface area contributed by atoms with Crippen molar-refractivity contribution >= 4 is 21.6 Å². The molecule has 0 radical (unpaired) electrons. The second kappa shape index (κ2) is 5.75. The van der Waals surface area contributed by atoms with E-state index >= 15 is 0 Å². The minimum absolute atomic E-state index is 0.470. The Labute approximate surface area is 129 Å². The van der Waals surface area contributed by atoms with Crippen LogP contribution in [-0.2, 0) is 0 Å². The second-order valence-corrected chi connectivity index (χ2v) is 6.83. The molecule has 0 amide bonds. The number of rotatable bonds is 1. The van der Waals surface area contributed by atoms with Crippen molar-refractivity contribution in [3.05, 3.63) is 28.2 Å². The van der Waals surface area contributed by atoms with Gasteiger partial charge in [-0.05, 0) is 44.5 Å². The normalized spacial score (nSPS) is 26.9. The minimum Gasteiger partial charge on any atom is -0.365 e. The summed E-state index contributed by atoms with van der Waals surface area (Å²) in [5.74, 6) is 0. The van der Waals surface area contributed by atoms with Gasteiger partial charge in [0.1, 0.15) is 6.07 Å². The third-order valence-corrected chi connectivity index (χ3v) is 5.07. The van der Waals surface area contributed by atoms with Gasteiger partial charge in [0.25, 0.3) is 0 Å². The molecule has 106 valence electrons. The number of piperazine rings is 1. The predicted molar refractivity (Wildman–Crippen MR) is 84.9 cm³/mol. The van der Waals surface area contributed by atoms with Gasteiger partial charge in [-0.3, -0.25) is 4.90 Å². The van der Waals surface area contributed by atoms with Crippen LogP contribution >= 0.6 is 15.9 Å². The van der Waals surface area contributed by atoms with Crippen LogP contribution in [0.1, 0.15) is 31.7 Å². The number of halogens is 1. The lowest BCUT2D eigenvalue weighted by molar-refractivity contribution is 0.115. The van der Waals surface area contributed by atoms with Crippen LogP contribution < -0.4 is 4.90 Å². The molecule has 3 nitrogen and oxygen atoms in total. The summed E-state index contributed by atoms with van der Waals surface area (Å²) >= 11 is 3.45. The van der Waals surface area contributed by atoms with E-state index in [0.717, 1.165) is 28.8 Å². The van der Waals surface area contributed by atoms with Gasteiger partial charge in [-0.2, -0.15) is 5.26 Å². The molecule has 0 aromatic heterocycles. The number of fused-ring (bicyclic) bond motifs is 1. The summed E-state index contributed by atoms with van der Waals surface area (Å²) in [4.78, 5) is 5.06. The predicted octanol–water partition coefficient (Wildman–Crippen LogP) is 3.38. The van der Waals surface area contributed by atoms with Gasteiger partial charge in [0.05, 0.1) is 11.3 Å². The van der Waals surface area contributed by atoms with Crippen molar-refractivity contribution in [1.82, 2.24) is 4.90 Å². The molecule has 2 aliphatic heterocycles. The standard InChI is InChI=1S/C16H20BrN3/c1-12-10-19-7-3-2-4-15(19)11-20(12)16-6-5-14(17)8-13(16)9-18/h5-6,8,12,15H,2-4,7,10-11H2,1H3. The molecule has 2 saturated heterocycles.